The highest BCUT2D eigenvalue weighted by molar-refractivity contribution is 9.10. The molecule has 20 heavy (non-hydrogen) atoms. The molecule has 114 valence electrons. The lowest BCUT2D eigenvalue weighted by Gasteiger charge is -2.18. The van der Waals surface area contributed by atoms with Crippen LogP contribution < -0.4 is 5.32 Å². The molecule has 1 aromatic heterocycles. The van der Waals surface area contributed by atoms with E-state index in [0.29, 0.717) is 12.3 Å². The Morgan fingerprint density at radius 3 is 2.85 bits per heavy atom. The van der Waals surface area contributed by atoms with Gasteiger partial charge in [-0.25, -0.2) is 8.42 Å². The smallest absolute Gasteiger partial charge is 0.247 e. The van der Waals surface area contributed by atoms with Crippen LogP contribution in [0.25, 0.3) is 0 Å². The first kappa shape index (κ1) is 17.4. The third-order valence-corrected chi connectivity index (χ3v) is 5.28. The fourth-order valence-electron chi connectivity index (χ4n) is 1.61. The first-order chi connectivity index (χ1) is 9.47. The van der Waals surface area contributed by atoms with E-state index < -0.39 is 10.0 Å². The summed E-state index contributed by atoms with van der Waals surface area (Å²) >= 11 is 3.13. The van der Waals surface area contributed by atoms with Crippen molar-refractivity contribution in [2.24, 2.45) is 0 Å². The number of aliphatic hydroxyl groups excluding tert-OH is 1. The van der Waals surface area contributed by atoms with Crippen molar-refractivity contribution in [2.45, 2.75) is 18.4 Å². The predicted octanol–water partition coefficient (Wildman–Crippen LogP) is 1.32. The van der Waals surface area contributed by atoms with Gasteiger partial charge in [0.25, 0.3) is 0 Å². The molecule has 0 spiro atoms. The van der Waals surface area contributed by atoms with Crippen molar-refractivity contribution in [1.82, 2.24) is 9.62 Å². The topological polar surface area (TPSA) is 82.8 Å². The van der Waals surface area contributed by atoms with Crippen LogP contribution in [0.2, 0.25) is 0 Å². The molecule has 8 heteroatoms. The Bertz CT molecular complexity index is 542. The Morgan fingerprint density at radius 2 is 2.30 bits per heavy atom. The quantitative estimate of drug-likeness (QED) is 0.644. The Balaban J connectivity index is 3.06. The van der Waals surface area contributed by atoms with Gasteiger partial charge in [-0.3, -0.25) is 0 Å². The second-order valence-corrected chi connectivity index (χ2v) is 6.63. The van der Waals surface area contributed by atoms with Gasteiger partial charge in [0.15, 0.2) is 4.67 Å². The Labute approximate surface area is 127 Å². The highest BCUT2D eigenvalue weighted by Crippen LogP contribution is 2.28. The highest BCUT2D eigenvalue weighted by atomic mass is 79.9. The molecule has 0 radical (unpaired) electrons. The largest absolute Gasteiger partial charge is 0.452 e. The molecule has 0 atom stereocenters. The Morgan fingerprint density at radius 1 is 1.60 bits per heavy atom. The highest BCUT2D eigenvalue weighted by Gasteiger charge is 2.28. The van der Waals surface area contributed by atoms with Gasteiger partial charge in [-0.1, -0.05) is 13.0 Å². The van der Waals surface area contributed by atoms with Crippen LogP contribution in [0.3, 0.4) is 0 Å². The third-order valence-electron chi connectivity index (χ3n) is 2.56. The van der Waals surface area contributed by atoms with Crippen LogP contribution in [0.4, 0.5) is 0 Å². The molecule has 0 amide bonds. The molecule has 0 aromatic carbocycles. The van der Waals surface area contributed by atoms with E-state index in [-0.39, 0.29) is 29.3 Å². The molecule has 0 unspecified atom stereocenters. The van der Waals surface area contributed by atoms with Crippen LogP contribution in [0.15, 0.2) is 32.7 Å². The summed E-state index contributed by atoms with van der Waals surface area (Å²) in [6.45, 7) is 6.56. The summed E-state index contributed by atoms with van der Waals surface area (Å²) in [5.74, 6) is 0.528. The van der Waals surface area contributed by atoms with Gasteiger partial charge in [0.1, 0.15) is 10.7 Å². The fraction of sp³-hybridized carbons (Fsp3) is 0.500. The summed E-state index contributed by atoms with van der Waals surface area (Å²) < 4.78 is 31.6. The average molecular weight is 367 g/mol. The lowest BCUT2D eigenvalue weighted by molar-refractivity contribution is 0.260. The number of nitrogens with one attached hydrogen (secondary N) is 1. The minimum Gasteiger partial charge on any atom is -0.452 e. The number of sulfonamides is 1. The van der Waals surface area contributed by atoms with Gasteiger partial charge in [0.2, 0.25) is 10.0 Å². The molecule has 0 aliphatic heterocycles. The minimum absolute atomic E-state index is 0.00845. The van der Waals surface area contributed by atoms with Gasteiger partial charge < -0.3 is 14.8 Å². The van der Waals surface area contributed by atoms with Crippen molar-refractivity contribution in [1.29, 1.82) is 0 Å². The maximum Gasteiger partial charge on any atom is 0.247 e. The van der Waals surface area contributed by atoms with E-state index >= 15 is 0 Å². The SMILES string of the molecule is C=CCN(CCO)S(=O)(=O)c1cc(CNCC)oc1Br. The maximum atomic E-state index is 12.5. The normalized spacial score (nSPS) is 12.0. The van der Waals surface area contributed by atoms with E-state index in [4.69, 9.17) is 9.52 Å². The van der Waals surface area contributed by atoms with Crippen LogP contribution in [-0.2, 0) is 16.6 Å². The van der Waals surface area contributed by atoms with Crippen LogP contribution in [-0.4, -0.2) is 44.1 Å². The second-order valence-electron chi connectivity index (χ2n) is 4.01. The van der Waals surface area contributed by atoms with Crippen molar-refractivity contribution in [3.8, 4) is 0 Å². The number of furan rings is 1. The number of rotatable bonds is 9. The summed E-state index contributed by atoms with van der Waals surface area (Å²) in [4.78, 5) is 0.0562. The summed E-state index contributed by atoms with van der Waals surface area (Å²) in [6, 6.07) is 1.48. The van der Waals surface area contributed by atoms with Crippen molar-refractivity contribution in [3.05, 3.63) is 29.2 Å². The minimum atomic E-state index is -3.73. The number of hydrogen-bond donors (Lipinski definition) is 2. The number of aliphatic hydroxyl groups is 1. The van der Waals surface area contributed by atoms with Crippen molar-refractivity contribution >= 4 is 26.0 Å². The summed E-state index contributed by atoms with van der Waals surface area (Å²) in [6.07, 6.45) is 1.47. The second kappa shape index (κ2) is 7.94. The number of hydrogen-bond acceptors (Lipinski definition) is 5. The zero-order valence-electron chi connectivity index (χ0n) is 11.3. The van der Waals surface area contributed by atoms with Crippen molar-refractivity contribution in [2.75, 3.05) is 26.2 Å². The molecule has 2 N–H and O–H groups in total. The standard InChI is InChI=1S/C12H19BrN2O4S/c1-3-5-15(6-7-16)20(17,18)11-8-10(9-14-4-2)19-12(11)13/h3,8,14,16H,1,4-7,9H2,2H3. The van der Waals surface area contributed by atoms with Gasteiger partial charge in [-0.15, -0.1) is 6.58 Å². The molecule has 0 saturated heterocycles. The van der Waals surface area contributed by atoms with E-state index in [1.807, 2.05) is 6.92 Å². The van der Waals surface area contributed by atoms with Crippen LogP contribution in [0, 0.1) is 0 Å². The molecule has 0 bridgehead atoms. The molecular weight excluding hydrogens is 348 g/mol. The molecule has 1 heterocycles. The first-order valence-electron chi connectivity index (χ1n) is 6.18. The monoisotopic (exact) mass is 366 g/mol. The number of halogens is 1. The third kappa shape index (κ3) is 4.16. The molecule has 0 aliphatic rings. The average Bonchev–Trinajstić information content (AvgIpc) is 2.78. The summed E-state index contributed by atoms with van der Waals surface area (Å²) in [5, 5.41) is 12.0. The molecular formula is C12H19BrN2O4S. The molecule has 6 nitrogen and oxygen atoms in total. The summed E-state index contributed by atoms with van der Waals surface area (Å²) in [7, 11) is -3.73. The first-order valence-corrected chi connectivity index (χ1v) is 8.41. The van der Waals surface area contributed by atoms with Gasteiger partial charge in [-0.05, 0) is 22.5 Å². The predicted molar refractivity (Wildman–Crippen MR) is 79.8 cm³/mol. The zero-order valence-corrected chi connectivity index (χ0v) is 13.7. The van der Waals surface area contributed by atoms with E-state index in [0.717, 1.165) is 10.8 Å². The van der Waals surface area contributed by atoms with E-state index in [9.17, 15) is 8.42 Å². The van der Waals surface area contributed by atoms with E-state index in [1.54, 1.807) is 0 Å². The zero-order chi connectivity index (χ0) is 15.2. The number of nitrogens with zero attached hydrogens (tertiary/aromatic N) is 1. The van der Waals surface area contributed by atoms with Crippen molar-refractivity contribution < 1.29 is 17.9 Å². The van der Waals surface area contributed by atoms with E-state index in [2.05, 4.69) is 27.8 Å². The van der Waals surface area contributed by atoms with Gasteiger partial charge in [0.05, 0.1) is 13.2 Å². The molecule has 0 aliphatic carbocycles. The molecule has 0 fully saturated rings. The van der Waals surface area contributed by atoms with E-state index in [1.165, 1.54) is 12.1 Å². The summed E-state index contributed by atoms with van der Waals surface area (Å²) in [5.41, 5.74) is 0. The van der Waals surface area contributed by atoms with Crippen molar-refractivity contribution in [3.63, 3.8) is 0 Å². The molecule has 1 aromatic rings. The lowest BCUT2D eigenvalue weighted by Crippen LogP contribution is -2.33. The van der Waals surface area contributed by atoms with Gasteiger partial charge in [-0.2, -0.15) is 4.31 Å². The van der Waals surface area contributed by atoms with Gasteiger partial charge in [0, 0.05) is 19.2 Å². The van der Waals surface area contributed by atoms with Crippen LogP contribution in [0.5, 0.6) is 0 Å². The Kier molecular flexibility index (Phi) is 6.90. The maximum absolute atomic E-state index is 12.5. The van der Waals surface area contributed by atoms with Crippen LogP contribution >= 0.6 is 15.9 Å². The fourth-order valence-corrected chi connectivity index (χ4v) is 3.98. The Hall–Kier alpha value is -0.670. The molecule has 1 rings (SSSR count). The molecule has 0 saturated carbocycles. The lowest BCUT2D eigenvalue weighted by atomic mass is 10.4. The van der Waals surface area contributed by atoms with Crippen LogP contribution in [0.1, 0.15) is 12.7 Å². The van der Waals surface area contributed by atoms with Gasteiger partial charge >= 0.3 is 0 Å².